The molecule has 0 aromatic heterocycles. The second-order valence-electron chi connectivity index (χ2n) is 5.79. The van der Waals surface area contributed by atoms with Crippen LogP contribution in [0, 0.1) is 0 Å². The fourth-order valence-corrected chi connectivity index (χ4v) is 3.42. The van der Waals surface area contributed by atoms with Crippen LogP contribution in [-0.2, 0) is 4.74 Å². The highest BCUT2D eigenvalue weighted by atomic mass is 32.2. The summed E-state index contributed by atoms with van der Waals surface area (Å²) in [5, 5.41) is 3.31. The third-order valence-corrected chi connectivity index (χ3v) is 4.87. The summed E-state index contributed by atoms with van der Waals surface area (Å²) in [7, 11) is 3.66. The minimum atomic E-state index is -0.0708. The van der Waals surface area contributed by atoms with Crippen LogP contribution in [0.4, 0.5) is 0 Å². The zero-order valence-corrected chi connectivity index (χ0v) is 14.8. The molecule has 1 N–H and O–H groups in total. The van der Waals surface area contributed by atoms with Crippen LogP contribution in [0.1, 0.15) is 12.5 Å². The second-order valence-corrected chi connectivity index (χ2v) is 6.66. The van der Waals surface area contributed by atoms with Gasteiger partial charge in [0.2, 0.25) is 0 Å². The molecule has 0 bridgehead atoms. The number of ether oxygens (including phenoxy) is 3. The van der Waals surface area contributed by atoms with Crippen LogP contribution >= 0.6 is 11.8 Å². The van der Waals surface area contributed by atoms with Crippen molar-refractivity contribution in [2.75, 3.05) is 33.6 Å². The van der Waals surface area contributed by atoms with Crippen LogP contribution < -0.4 is 14.8 Å². The molecule has 1 aliphatic heterocycles. The van der Waals surface area contributed by atoms with Crippen LogP contribution in [0.3, 0.4) is 0 Å². The number of rotatable bonds is 5. The summed E-state index contributed by atoms with van der Waals surface area (Å²) in [5.74, 6) is 1.64. The molecule has 2 aliphatic rings. The van der Waals surface area contributed by atoms with Gasteiger partial charge in [-0.1, -0.05) is 17.7 Å². The molecule has 1 aromatic carbocycles. The number of methoxy groups -OCH3 is 1. The summed E-state index contributed by atoms with van der Waals surface area (Å²) in [6, 6.07) is 4.50. The molecule has 1 aliphatic carbocycles. The number of thioether (sulfide) groups is 1. The van der Waals surface area contributed by atoms with E-state index in [9.17, 15) is 0 Å². The topological polar surface area (TPSA) is 39.7 Å². The van der Waals surface area contributed by atoms with Crippen LogP contribution in [0.5, 0.6) is 11.5 Å². The lowest BCUT2D eigenvalue weighted by atomic mass is 10.0. The van der Waals surface area contributed by atoms with E-state index in [-0.39, 0.29) is 12.1 Å². The molecular weight excluding hydrogens is 310 g/mol. The standard InChI is InChI=1S/C18H23NO3S/c1-11-5-12(6-16(11)19-2)15-7-14(23-4)8-17-18(15)22-13(9-20-3)10-21-17/h5-8,13,16,19H,9-10H2,1-4H3. The lowest BCUT2D eigenvalue weighted by Crippen LogP contribution is -2.33. The summed E-state index contributed by atoms with van der Waals surface area (Å²) < 4.78 is 17.3. The van der Waals surface area contributed by atoms with E-state index in [4.69, 9.17) is 14.2 Å². The first-order valence-electron chi connectivity index (χ1n) is 7.74. The zero-order chi connectivity index (χ0) is 16.4. The lowest BCUT2D eigenvalue weighted by Gasteiger charge is -2.28. The summed E-state index contributed by atoms with van der Waals surface area (Å²) in [6.07, 6.45) is 6.45. The van der Waals surface area contributed by atoms with Crippen molar-refractivity contribution >= 4 is 17.3 Å². The Labute approximate surface area is 141 Å². The van der Waals surface area contributed by atoms with Gasteiger partial charge in [-0.3, -0.25) is 0 Å². The Kier molecular flexibility index (Phi) is 4.99. The van der Waals surface area contributed by atoms with E-state index < -0.39 is 0 Å². The van der Waals surface area contributed by atoms with Crippen molar-refractivity contribution < 1.29 is 14.2 Å². The largest absolute Gasteiger partial charge is 0.486 e. The molecule has 5 heteroatoms. The highest BCUT2D eigenvalue weighted by Crippen LogP contribution is 2.43. The highest BCUT2D eigenvalue weighted by molar-refractivity contribution is 7.98. The van der Waals surface area contributed by atoms with Crippen LogP contribution in [-0.4, -0.2) is 45.8 Å². The normalized spacial score (nSPS) is 22.8. The number of likely N-dealkylation sites (N-methyl/N-ethyl adjacent to an activating group) is 1. The minimum Gasteiger partial charge on any atom is -0.486 e. The third-order valence-electron chi connectivity index (χ3n) is 4.17. The smallest absolute Gasteiger partial charge is 0.169 e. The number of fused-ring (bicyclic) bond motifs is 1. The number of benzene rings is 1. The fourth-order valence-electron chi connectivity index (χ4n) is 2.96. The first-order valence-corrected chi connectivity index (χ1v) is 8.96. The average Bonchev–Trinajstić information content (AvgIpc) is 2.95. The molecule has 1 heterocycles. The van der Waals surface area contributed by atoms with E-state index in [1.807, 2.05) is 13.1 Å². The SMILES string of the molecule is CNC1C=C(c2cc(SC)cc3c2OC(COC)CO3)C=C1C. The molecule has 0 amide bonds. The highest BCUT2D eigenvalue weighted by Gasteiger charge is 2.27. The number of allylic oxidation sites excluding steroid dienone is 2. The van der Waals surface area contributed by atoms with Gasteiger partial charge in [0.1, 0.15) is 6.61 Å². The average molecular weight is 333 g/mol. The van der Waals surface area contributed by atoms with Crippen molar-refractivity contribution in [3.05, 3.63) is 35.4 Å². The summed E-state index contributed by atoms with van der Waals surface area (Å²) in [5.41, 5.74) is 3.57. The van der Waals surface area contributed by atoms with Gasteiger partial charge in [-0.2, -0.15) is 0 Å². The van der Waals surface area contributed by atoms with Gasteiger partial charge >= 0.3 is 0 Å². The van der Waals surface area contributed by atoms with Gasteiger partial charge in [-0.05, 0) is 37.9 Å². The van der Waals surface area contributed by atoms with Crippen molar-refractivity contribution in [2.24, 2.45) is 0 Å². The summed E-state index contributed by atoms with van der Waals surface area (Å²) in [4.78, 5) is 1.17. The van der Waals surface area contributed by atoms with E-state index in [1.54, 1.807) is 18.9 Å². The van der Waals surface area contributed by atoms with Gasteiger partial charge in [-0.25, -0.2) is 0 Å². The molecule has 0 spiro atoms. The van der Waals surface area contributed by atoms with E-state index in [0.29, 0.717) is 13.2 Å². The molecule has 1 aromatic rings. The van der Waals surface area contributed by atoms with Gasteiger partial charge in [0, 0.05) is 23.6 Å². The number of hydrogen-bond donors (Lipinski definition) is 1. The molecular formula is C18H23NO3S. The van der Waals surface area contributed by atoms with E-state index >= 15 is 0 Å². The van der Waals surface area contributed by atoms with Gasteiger partial charge < -0.3 is 19.5 Å². The predicted octanol–water partition coefficient (Wildman–Crippen LogP) is 3.13. The maximum absolute atomic E-state index is 6.17. The Morgan fingerprint density at radius 2 is 2.22 bits per heavy atom. The van der Waals surface area contributed by atoms with Crippen LogP contribution in [0.25, 0.3) is 5.57 Å². The van der Waals surface area contributed by atoms with Crippen molar-refractivity contribution in [3.8, 4) is 11.5 Å². The van der Waals surface area contributed by atoms with Crippen molar-refractivity contribution in [1.82, 2.24) is 5.32 Å². The molecule has 2 atom stereocenters. The summed E-state index contributed by atoms with van der Waals surface area (Å²) in [6.45, 7) is 3.18. The lowest BCUT2D eigenvalue weighted by molar-refractivity contribution is 0.0268. The first kappa shape index (κ1) is 16.4. The van der Waals surface area contributed by atoms with Crippen molar-refractivity contribution in [2.45, 2.75) is 24.0 Å². The Balaban J connectivity index is 2.03. The van der Waals surface area contributed by atoms with E-state index in [1.165, 1.54) is 16.0 Å². The monoisotopic (exact) mass is 333 g/mol. The van der Waals surface area contributed by atoms with Crippen molar-refractivity contribution in [1.29, 1.82) is 0 Å². The second kappa shape index (κ2) is 6.99. The Hall–Kier alpha value is -1.43. The maximum Gasteiger partial charge on any atom is 0.169 e. The molecule has 23 heavy (non-hydrogen) atoms. The van der Waals surface area contributed by atoms with Gasteiger partial charge in [0.05, 0.1) is 6.61 Å². The Morgan fingerprint density at radius 1 is 1.39 bits per heavy atom. The van der Waals surface area contributed by atoms with Crippen molar-refractivity contribution in [3.63, 3.8) is 0 Å². The Bertz CT molecular complexity index is 654. The third kappa shape index (κ3) is 3.27. The molecule has 2 unspecified atom stereocenters. The molecule has 0 saturated heterocycles. The number of nitrogens with one attached hydrogen (secondary N) is 1. The fraction of sp³-hybridized carbons (Fsp3) is 0.444. The van der Waals surface area contributed by atoms with E-state index in [0.717, 1.165) is 17.1 Å². The van der Waals surface area contributed by atoms with Gasteiger partial charge in [0.25, 0.3) is 0 Å². The quantitative estimate of drug-likeness (QED) is 0.838. The van der Waals surface area contributed by atoms with E-state index in [2.05, 4.69) is 36.7 Å². The van der Waals surface area contributed by atoms with Crippen LogP contribution in [0.2, 0.25) is 0 Å². The zero-order valence-electron chi connectivity index (χ0n) is 14.0. The predicted molar refractivity (Wildman–Crippen MR) is 94.6 cm³/mol. The first-order chi connectivity index (χ1) is 11.2. The molecule has 4 nitrogen and oxygen atoms in total. The minimum absolute atomic E-state index is 0.0708. The maximum atomic E-state index is 6.17. The molecule has 0 fully saturated rings. The van der Waals surface area contributed by atoms with Gasteiger partial charge in [0.15, 0.2) is 17.6 Å². The molecule has 3 rings (SSSR count). The molecule has 0 radical (unpaired) electrons. The molecule has 124 valence electrons. The Morgan fingerprint density at radius 3 is 2.87 bits per heavy atom. The molecule has 0 saturated carbocycles. The van der Waals surface area contributed by atoms with Gasteiger partial charge in [-0.15, -0.1) is 11.8 Å². The summed E-state index contributed by atoms with van der Waals surface area (Å²) >= 11 is 1.71. The van der Waals surface area contributed by atoms with Crippen LogP contribution in [0.15, 0.2) is 34.8 Å². The number of hydrogen-bond acceptors (Lipinski definition) is 5.